The van der Waals surface area contributed by atoms with Crippen LogP contribution in [0.4, 0.5) is 4.79 Å². The number of hydrogen-bond donors (Lipinski definition) is 2. The largest absolute Gasteiger partial charge is 0.488 e. The molecule has 0 spiro atoms. The van der Waals surface area contributed by atoms with Gasteiger partial charge in [0.2, 0.25) is 0 Å². The molecule has 0 unspecified atom stereocenters. The molecule has 0 saturated heterocycles. The van der Waals surface area contributed by atoms with Crippen LogP contribution in [0.3, 0.4) is 0 Å². The number of nitrogens with one attached hydrogen (secondary N) is 1. The van der Waals surface area contributed by atoms with Gasteiger partial charge in [-0.15, -0.1) is 0 Å². The van der Waals surface area contributed by atoms with Gasteiger partial charge in [0.05, 0.1) is 19.3 Å². The van der Waals surface area contributed by atoms with E-state index in [-0.39, 0.29) is 25.2 Å². The van der Waals surface area contributed by atoms with Gasteiger partial charge >= 0.3 is 13.7 Å². The molecule has 1 aromatic rings. The number of carbonyl (C=O) groups is 1. The molecular weight excluding hydrogens is 421 g/mol. The topological polar surface area (TPSA) is 103 Å². The lowest BCUT2D eigenvalue weighted by Gasteiger charge is -2.30. The van der Waals surface area contributed by atoms with Crippen molar-refractivity contribution in [2.75, 3.05) is 13.2 Å². The SMILES string of the molecule is CCOP(=O)(OCC)[C@H](O)[C@H](Cc1ccc(OC(C)(C)C)cc1)NC(=O)OC(C)(C)C. The number of amides is 1. The molecule has 0 heterocycles. The molecule has 0 aliphatic rings. The zero-order valence-corrected chi connectivity index (χ0v) is 20.8. The van der Waals surface area contributed by atoms with Gasteiger partial charge in [0.1, 0.15) is 17.0 Å². The average molecular weight is 460 g/mol. The van der Waals surface area contributed by atoms with Crippen LogP contribution in [0, 0.1) is 0 Å². The highest BCUT2D eigenvalue weighted by Crippen LogP contribution is 2.53. The standard InChI is InChI=1S/C22H38NO7P/c1-9-27-31(26,28-10-2)19(24)18(23-20(25)30-22(6,7)8)15-16-11-13-17(14-12-16)29-21(3,4)5/h11-14,18-19,24H,9-10,15H2,1-8H3,(H,23,25)/t18-,19-/m0/s1. The van der Waals surface area contributed by atoms with E-state index in [0.717, 1.165) is 5.56 Å². The number of aliphatic hydroxyl groups excluding tert-OH is 1. The molecule has 9 heteroatoms. The molecule has 0 saturated carbocycles. The van der Waals surface area contributed by atoms with Crippen molar-refractivity contribution in [2.24, 2.45) is 0 Å². The van der Waals surface area contributed by atoms with E-state index in [2.05, 4.69) is 5.32 Å². The van der Waals surface area contributed by atoms with Gasteiger partial charge in [-0.1, -0.05) is 12.1 Å². The van der Waals surface area contributed by atoms with E-state index in [1.165, 1.54) is 0 Å². The Bertz CT molecular complexity index is 728. The van der Waals surface area contributed by atoms with Crippen LogP contribution in [-0.2, 0) is 24.8 Å². The van der Waals surface area contributed by atoms with Gasteiger partial charge < -0.3 is 28.9 Å². The minimum Gasteiger partial charge on any atom is -0.488 e. The molecule has 1 rings (SSSR count). The number of ether oxygens (including phenoxy) is 2. The van der Waals surface area contributed by atoms with Crippen molar-refractivity contribution in [1.29, 1.82) is 0 Å². The Morgan fingerprint density at radius 2 is 1.52 bits per heavy atom. The number of aliphatic hydroxyl groups is 1. The van der Waals surface area contributed by atoms with Crippen molar-refractivity contribution >= 4 is 13.7 Å². The monoisotopic (exact) mass is 459 g/mol. The molecule has 178 valence electrons. The highest BCUT2D eigenvalue weighted by molar-refractivity contribution is 7.54. The highest BCUT2D eigenvalue weighted by atomic mass is 31.2. The van der Waals surface area contributed by atoms with Gasteiger partial charge in [0, 0.05) is 0 Å². The van der Waals surface area contributed by atoms with Crippen LogP contribution < -0.4 is 10.1 Å². The Kier molecular flexibility index (Phi) is 10.0. The second-order valence-electron chi connectivity index (χ2n) is 9.10. The zero-order valence-electron chi connectivity index (χ0n) is 19.9. The Morgan fingerprint density at radius 1 is 1.00 bits per heavy atom. The van der Waals surface area contributed by atoms with E-state index in [9.17, 15) is 14.5 Å². The van der Waals surface area contributed by atoms with E-state index in [1.807, 2.05) is 45.0 Å². The number of carbonyl (C=O) groups excluding carboxylic acids is 1. The summed E-state index contributed by atoms with van der Waals surface area (Å²) in [7, 11) is -3.89. The van der Waals surface area contributed by atoms with E-state index >= 15 is 0 Å². The minimum atomic E-state index is -3.89. The normalized spacial score (nSPS) is 14.6. The molecule has 0 aromatic heterocycles. The van der Waals surface area contributed by atoms with Crippen molar-refractivity contribution < 1.29 is 33.0 Å². The minimum absolute atomic E-state index is 0.0896. The predicted octanol–water partition coefficient (Wildman–Crippen LogP) is 4.88. The third-order valence-corrected chi connectivity index (χ3v) is 6.05. The van der Waals surface area contributed by atoms with Crippen molar-refractivity contribution in [3.63, 3.8) is 0 Å². The summed E-state index contributed by atoms with van der Waals surface area (Å²) in [6.07, 6.45) is -0.552. The molecule has 1 aromatic carbocycles. The van der Waals surface area contributed by atoms with Crippen molar-refractivity contribution in [3.8, 4) is 5.75 Å². The summed E-state index contributed by atoms with van der Waals surface area (Å²) in [6.45, 7) is 14.6. The smallest absolute Gasteiger partial charge is 0.407 e. The fourth-order valence-corrected chi connectivity index (χ4v) is 4.48. The van der Waals surface area contributed by atoms with Crippen molar-refractivity contribution in [2.45, 2.75) is 84.9 Å². The fourth-order valence-electron chi connectivity index (χ4n) is 2.76. The summed E-state index contributed by atoms with van der Waals surface area (Å²) in [5, 5.41) is 13.5. The van der Waals surface area contributed by atoms with Gasteiger partial charge in [-0.2, -0.15) is 0 Å². The first-order chi connectivity index (χ1) is 14.2. The summed E-state index contributed by atoms with van der Waals surface area (Å²) in [5.41, 5.74) is -0.268. The summed E-state index contributed by atoms with van der Waals surface area (Å²) in [5.74, 6) is -0.881. The molecule has 2 N–H and O–H groups in total. The molecule has 0 aliphatic heterocycles. The van der Waals surface area contributed by atoms with Crippen LogP contribution in [0.25, 0.3) is 0 Å². The Labute approximate surface area is 186 Å². The average Bonchev–Trinajstić information content (AvgIpc) is 2.59. The number of rotatable bonds is 10. The first-order valence-electron chi connectivity index (χ1n) is 10.5. The van der Waals surface area contributed by atoms with Gasteiger partial charge in [-0.3, -0.25) is 4.57 Å². The maximum atomic E-state index is 13.1. The number of hydrogen-bond acceptors (Lipinski definition) is 7. The van der Waals surface area contributed by atoms with Crippen LogP contribution >= 0.6 is 7.60 Å². The molecule has 0 radical (unpaired) electrons. The van der Waals surface area contributed by atoms with Gasteiger partial charge in [-0.25, -0.2) is 4.79 Å². The van der Waals surface area contributed by atoms with Crippen LogP contribution in [-0.4, -0.2) is 47.5 Å². The van der Waals surface area contributed by atoms with Crippen LogP contribution in [0.2, 0.25) is 0 Å². The number of alkyl carbamates (subject to hydrolysis) is 1. The molecule has 31 heavy (non-hydrogen) atoms. The molecule has 8 nitrogen and oxygen atoms in total. The third kappa shape index (κ3) is 10.0. The Hall–Kier alpha value is -1.60. The highest BCUT2D eigenvalue weighted by Gasteiger charge is 2.41. The summed E-state index contributed by atoms with van der Waals surface area (Å²) in [6, 6.07) is 6.30. The lowest BCUT2D eigenvalue weighted by Crippen LogP contribution is -2.47. The molecule has 0 aliphatic carbocycles. The molecule has 0 fully saturated rings. The predicted molar refractivity (Wildman–Crippen MR) is 121 cm³/mol. The summed E-state index contributed by atoms with van der Waals surface area (Å²) in [4.78, 5) is 12.4. The molecule has 2 atom stereocenters. The van der Waals surface area contributed by atoms with Gasteiger partial charge in [0.15, 0.2) is 5.85 Å². The fraction of sp³-hybridized carbons (Fsp3) is 0.682. The van der Waals surface area contributed by atoms with E-state index in [0.29, 0.717) is 5.75 Å². The van der Waals surface area contributed by atoms with Crippen LogP contribution in [0.1, 0.15) is 61.0 Å². The van der Waals surface area contributed by atoms with E-state index in [4.69, 9.17) is 18.5 Å². The Morgan fingerprint density at radius 3 is 1.94 bits per heavy atom. The number of benzene rings is 1. The van der Waals surface area contributed by atoms with Gasteiger partial charge in [0.25, 0.3) is 0 Å². The quantitative estimate of drug-likeness (QED) is 0.481. The molecule has 1 amide bonds. The second kappa shape index (κ2) is 11.3. The lowest BCUT2D eigenvalue weighted by molar-refractivity contribution is 0.0449. The van der Waals surface area contributed by atoms with Crippen molar-refractivity contribution in [3.05, 3.63) is 29.8 Å². The third-order valence-electron chi connectivity index (χ3n) is 3.81. The zero-order chi connectivity index (χ0) is 23.9. The Balaban J connectivity index is 3.12. The first kappa shape index (κ1) is 27.4. The summed E-state index contributed by atoms with van der Waals surface area (Å²) >= 11 is 0. The van der Waals surface area contributed by atoms with Crippen molar-refractivity contribution in [1.82, 2.24) is 5.32 Å². The lowest BCUT2D eigenvalue weighted by atomic mass is 10.1. The first-order valence-corrected chi connectivity index (χ1v) is 12.1. The van der Waals surface area contributed by atoms with E-state index < -0.39 is 31.2 Å². The molecule has 0 bridgehead atoms. The molecular formula is C22H38NO7P. The maximum Gasteiger partial charge on any atom is 0.407 e. The van der Waals surface area contributed by atoms with Crippen LogP contribution in [0.5, 0.6) is 5.75 Å². The summed E-state index contributed by atoms with van der Waals surface area (Å²) < 4.78 is 34.8. The van der Waals surface area contributed by atoms with E-state index in [1.54, 1.807) is 34.6 Å². The maximum absolute atomic E-state index is 13.1. The van der Waals surface area contributed by atoms with Gasteiger partial charge in [-0.05, 0) is 79.5 Å². The second-order valence-corrected chi connectivity index (χ2v) is 11.2. The van der Waals surface area contributed by atoms with Crippen LogP contribution in [0.15, 0.2) is 24.3 Å².